The summed E-state index contributed by atoms with van der Waals surface area (Å²) in [7, 11) is 0. The highest BCUT2D eigenvalue weighted by atomic mass is 32.2. The van der Waals surface area contributed by atoms with Crippen LogP contribution < -0.4 is 5.56 Å². The van der Waals surface area contributed by atoms with Crippen LogP contribution in [0.1, 0.15) is 11.1 Å². The number of fused-ring (bicyclic) bond motifs is 1. The molecule has 1 aliphatic heterocycles. The molecule has 0 bridgehead atoms. The second kappa shape index (κ2) is 8.02. The molecule has 142 valence electrons. The Morgan fingerprint density at radius 2 is 1.79 bits per heavy atom. The van der Waals surface area contributed by atoms with E-state index in [1.54, 1.807) is 22.7 Å². The molecule has 1 aliphatic rings. The summed E-state index contributed by atoms with van der Waals surface area (Å²) in [6, 6.07) is 19.4. The monoisotopic (exact) mass is 391 g/mol. The van der Waals surface area contributed by atoms with E-state index in [-0.39, 0.29) is 18.0 Å². The molecule has 6 heteroatoms. The Morgan fingerprint density at radius 1 is 1.04 bits per heavy atom. The summed E-state index contributed by atoms with van der Waals surface area (Å²) in [4.78, 5) is 28.0. The molecule has 0 spiro atoms. The number of hydrogen-bond acceptors (Lipinski definition) is 4. The van der Waals surface area contributed by atoms with E-state index in [0.717, 1.165) is 16.9 Å². The van der Waals surface area contributed by atoms with Crippen LogP contribution in [0.2, 0.25) is 0 Å². The zero-order valence-electron chi connectivity index (χ0n) is 15.7. The topological polar surface area (TPSA) is 55.2 Å². The Balaban J connectivity index is 1.53. The van der Waals surface area contributed by atoms with Gasteiger partial charge in [0.15, 0.2) is 0 Å². The van der Waals surface area contributed by atoms with Crippen molar-refractivity contribution >= 4 is 17.7 Å². The maximum Gasteiger partial charge on any atom is 0.267 e. The van der Waals surface area contributed by atoms with Crippen molar-refractivity contribution in [3.63, 3.8) is 0 Å². The number of rotatable bonds is 4. The minimum Gasteiger partial charge on any atom is -0.336 e. The molecule has 2 heterocycles. The molecule has 0 radical (unpaired) electrons. The first-order valence-electron chi connectivity index (χ1n) is 9.21. The van der Waals surface area contributed by atoms with Crippen LogP contribution in [0.15, 0.2) is 70.4 Å². The molecule has 1 amide bonds. The van der Waals surface area contributed by atoms with Gasteiger partial charge in [-0.25, -0.2) is 4.68 Å². The zero-order valence-corrected chi connectivity index (χ0v) is 16.5. The molecule has 0 unspecified atom stereocenters. The van der Waals surface area contributed by atoms with Crippen LogP contribution in [-0.2, 0) is 24.3 Å². The summed E-state index contributed by atoms with van der Waals surface area (Å²) >= 11 is 1.67. The number of carbonyl (C=O) groups is 1. The van der Waals surface area contributed by atoms with Gasteiger partial charge >= 0.3 is 0 Å². The van der Waals surface area contributed by atoms with Crippen LogP contribution in [0.3, 0.4) is 0 Å². The van der Waals surface area contributed by atoms with Crippen molar-refractivity contribution in [1.82, 2.24) is 14.7 Å². The molecule has 0 atom stereocenters. The summed E-state index contributed by atoms with van der Waals surface area (Å²) in [6.45, 7) is 1.21. The predicted octanol–water partition coefficient (Wildman–Crippen LogP) is 3.22. The van der Waals surface area contributed by atoms with E-state index in [1.807, 2.05) is 42.7 Å². The minimum absolute atomic E-state index is 0.0439. The van der Waals surface area contributed by atoms with Gasteiger partial charge in [-0.1, -0.05) is 36.4 Å². The molecule has 0 aliphatic carbocycles. The average Bonchev–Trinajstić information content (AvgIpc) is 2.75. The van der Waals surface area contributed by atoms with Gasteiger partial charge in [-0.3, -0.25) is 9.59 Å². The van der Waals surface area contributed by atoms with Crippen molar-refractivity contribution in [2.45, 2.75) is 24.4 Å². The largest absolute Gasteiger partial charge is 0.336 e. The number of aromatic nitrogens is 2. The van der Waals surface area contributed by atoms with Gasteiger partial charge in [0.1, 0.15) is 6.54 Å². The molecule has 1 aromatic heterocycles. The van der Waals surface area contributed by atoms with E-state index < -0.39 is 0 Å². The molecule has 0 N–H and O–H groups in total. The van der Waals surface area contributed by atoms with Crippen molar-refractivity contribution in [3.8, 4) is 11.3 Å². The summed E-state index contributed by atoms with van der Waals surface area (Å²) in [5.74, 6) is -0.0843. The number of nitrogens with zero attached hydrogens (tertiary/aromatic N) is 3. The lowest BCUT2D eigenvalue weighted by Crippen LogP contribution is -2.40. The Hall–Kier alpha value is -2.86. The van der Waals surface area contributed by atoms with Crippen LogP contribution in [0.25, 0.3) is 11.3 Å². The standard InChI is InChI=1S/C22H21N3O2S/c1-28-19-8-6-17(7-9-19)20-10-11-21(26)25(23-20)15-22(27)24-13-12-16-4-2-3-5-18(16)14-24/h2-11H,12-15H2,1H3. The predicted molar refractivity (Wildman–Crippen MR) is 111 cm³/mol. The summed E-state index contributed by atoms with van der Waals surface area (Å²) in [5.41, 5.74) is 3.80. The fourth-order valence-corrected chi connectivity index (χ4v) is 3.82. The molecule has 4 rings (SSSR count). The first-order valence-corrected chi connectivity index (χ1v) is 10.4. The van der Waals surface area contributed by atoms with Gasteiger partial charge in [0.25, 0.3) is 5.56 Å². The summed E-state index contributed by atoms with van der Waals surface area (Å²) in [6.07, 6.45) is 2.87. The SMILES string of the molecule is CSc1ccc(-c2ccc(=O)n(CC(=O)N3CCc4ccccc4C3)n2)cc1. The second-order valence-corrected chi connectivity index (χ2v) is 7.66. The van der Waals surface area contributed by atoms with Gasteiger partial charge in [-0.05, 0) is 42.0 Å². The quantitative estimate of drug-likeness (QED) is 0.641. The number of benzene rings is 2. The van der Waals surface area contributed by atoms with Gasteiger partial charge in [0.2, 0.25) is 5.91 Å². The Kier molecular flexibility index (Phi) is 5.30. The molecular formula is C22H21N3O2S. The van der Waals surface area contributed by atoms with Crippen LogP contribution in [0.4, 0.5) is 0 Å². The van der Waals surface area contributed by atoms with E-state index in [9.17, 15) is 9.59 Å². The van der Waals surface area contributed by atoms with Crippen molar-refractivity contribution in [2.24, 2.45) is 0 Å². The van der Waals surface area contributed by atoms with E-state index in [1.165, 1.54) is 21.9 Å². The van der Waals surface area contributed by atoms with E-state index in [4.69, 9.17) is 0 Å². The molecule has 3 aromatic rings. The number of thioether (sulfide) groups is 1. The lowest BCUT2D eigenvalue weighted by Gasteiger charge is -2.29. The molecule has 2 aromatic carbocycles. The maximum absolute atomic E-state index is 12.8. The van der Waals surface area contributed by atoms with Crippen LogP contribution in [0, 0.1) is 0 Å². The van der Waals surface area contributed by atoms with Crippen molar-refractivity contribution in [1.29, 1.82) is 0 Å². The van der Waals surface area contributed by atoms with Gasteiger partial charge in [-0.2, -0.15) is 5.10 Å². The highest BCUT2D eigenvalue weighted by Gasteiger charge is 2.21. The van der Waals surface area contributed by atoms with Gasteiger partial charge in [0.05, 0.1) is 5.69 Å². The summed E-state index contributed by atoms with van der Waals surface area (Å²) < 4.78 is 1.26. The second-order valence-electron chi connectivity index (χ2n) is 6.78. The van der Waals surface area contributed by atoms with Crippen LogP contribution in [0.5, 0.6) is 0 Å². The Bertz CT molecular complexity index is 1060. The third-order valence-corrected chi connectivity index (χ3v) is 5.76. The van der Waals surface area contributed by atoms with Crippen molar-refractivity contribution in [2.75, 3.05) is 12.8 Å². The molecular weight excluding hydrogens is 370 g/mol. The Labute approximate surface area is 168 Å². The number of amides is 1. The third kappa shape index (κ3) is 3.87. The molecule has 0 saturated carbocycles. The molecule has 28 heavy (non-hydrogen) atoms. The highest BCUT2D eigenvalue weighted by Crippen LogP contribution is 2.21. The van der Waals surface area contributed by atoms with Crippen LogP contribution in [-0.4, -0.2) is 33.4 Å². The van der Waals surface area contributed by atoms with Crippen molar-refractivity contribution < 1.29 is 4.79 Å². The molecule has 5 nitrogen and oxygen atoms in total. The third-order valence-electron chi connectivity index (χ3n) is 5.02. The number of hydrogen-bond donors (Lipinski definition) is 0. The van der Waals surface area contributed by atoms with Gasteiger partial charge < -0.3 is 4.90 Å². The fourth-order valence-electron chi connectivity index (χ4n) is 3.41. The fraction of sp³-hybridized carbons (Fsp3) is 0.227. The number of carbonyl (C=O) groups excluding carboxylic acids is 1. The molecule has 0 saturated heterocycles. The summed E-state index contributed by atoms with van der Waals surface area (Å²) in [5, 5.41) is 4.43. The van der Waals surface area contributed by atoms with E-state index in [2.05, 4.69) is 17.2 Å². The van der Waals surface area contributed by atoms with E-state index >= 15 is 0 Å². The maximum atomic E-state index is 12.8. The van der Waals surface area contributed by atoms with Crippen molar-refractivity contribution in [3.05, 3.63) is 82.1 Å². The van der Waals surface area contributed by atoms with Gasteiger partial charge in [0, 0.05) is 29.6 Å². The highest BCUT2D eigenvalue weighted by molar-refractivity contribution is 7.98. The lowest BCUT2D eigenvalue weighted by atomic mass is 10.00. The molecule has 0 fully saturated rings. The van der Waals surface area contributed by atoms with Crippen LogP contribution >= 0.6 is 11.8 Å². The normalized spacial score (nSPS) is 13.2. The minimum atomic E-state index is -0.268. The van der Waals surface area contributed by atoms with Gasteiger partial charge in [-0.15, -0.1) is 11.8 Å². The first-order chi connectivity index (χ1) is 13.6. The van der Waals surface area contributed by atoms with E-state index in [0.29, 0.717) is 18.8 Å². The zero-order chi connectivity index (χ0) is 19.5. The first kappa shape index (κ1) is 18.5. The average molecular weight is 391 g/mol. The smallest absolute Gasteiger partial charge is 0.267 e. The lowest BCUT2D eigenvalue weighted by molar-refractivity contribution is -0.133. The Morgan fingerprint density at radius 3 is 2.54 bits per heavy atom.